The highest BCUT2D eigenvalue weighted by molar-refractivity contribution is 5.88. The van der Waals surface area contributed by atoms with Crippen molar-refractivity contribution in [2.24, 2.45) is 4.99 Å². The molecule has 0 saturated carbocycles. The smallest absolute Gasteiger partial charge is 0.358 e. The zero-order chi connectivity index (χ0) is 18.1. The minimum Gasteiger partial charge on any atom is -0.358 e. The van der Waals surface area contributed by atoms with E-state index in [1.54, 1.807) is 31.0 Å². The van der Waals surface area contributed by atoms with E-state index in [0.717, 1.165) is 6.07 Å². The van der Waals surface area contributed by atoms with Crippen molar-refractivity contribution in [3.8, 4) is 0 Å². The van der Waals surface area contributed by atoms with Gasteiger partial charge in [-0.2, -0.15) is 13.2 Å². The fourth-order valence-corrected chi connectivity index (χ4v) is 2.68. The third-order valence-corrected chi connectivity index (χ3v) is 3.88. The highest BCUT2D eigenvalue weighted by atomic mass is 19.4. The average Bonchev–Trinajstić information content (AvgIpc) is 3.13. The number of fused-ring (bicyclic) bond motifs is 1. The van der Waals surface area contributed by atoms with Crippen LogP contribution in [0.3, 0.4) is 0 Å². The molecule has 0 bridgehead atoms. The molecule has 0 unspecified atom stereocenters. The lowest BCUT2D eigenvalue weighted by Gasteiger charge is -2.24. The lowest BCUT2D eigenvalue weighted by Crippen LogP contribution is -2.34. The summed E-state index contributed by atoms with van der Waals surface area (Å²) in [4.78, 5) is 12.2. The lowest BCUT2D eigenvalue weighted by molar-refractivity contribution is -0.138. The second-order valence-electron chi connectivity index (χ2n) is 5.68. The molecule has 2 N–H and O–H groups in total. The highest BCUT2D eigenvalue weighted by Crippen LogP contribution is 2.35. The number of pyridine rings is 1. The Morgan fingerprint density at radius 1 is 1.15 bits per heavy atom. The molecule has 4 heterocycles. The molecule has 0 aliphatic carbocycles. The Balaban J connectivity index is 1.62. The number of nitrogens with one attached hydrogen (secondary N) is 2. The first-order valence-corrected chi connectivity index (χ1v) is 7.72. The number of rotatable bonds is 3. The second kappa shape index (κ2) is 6.17. The van der Waals surface area contributed by atoms with Crippen LogP contribution in [0.25, 0.3) is 5.57 Å². The number of nitrogens with zero attached hydrogens (tertiary/aromatic N) is 4. The Morgan fingerprint density at radius 2 is 2.04 bits per heavy atom. The summed E-state index contributed by atoms with van der Waals surface area (Å²) in [5, 5.41) is 6.10. The van der Waals surface area contributed by atoms with Crippen molar-refractivity contribution in [1.82, 2.24) is 25.2 Å². The van der Waals surface area contributed by atoms with Crippen LogP contribution in [0.2, 0.25) is 0 Å². The van der Waals surface area contributed by atoms with E-state index in [0.29, 0.717) is 29.3 Å². The molecule has 4 rings (SSSR count). The van der Waals surface area contributed by atoms with Crippen molar-refractivity contribution in [3.05, 3.63) is 78.2 Å². The van der Waals surface area contributed by atoms with Gasteiger partial charge in [0.15, 0.2) is 0 Å². The van der Waals surface area contributed by atoms with Crippen LogP contribution >= 0.6 is 0 Å². The van der Waals surface area contributed by atoms with Gasteiger partial charge in [-0.1, -0.05) is 0 Å². The molecule has 2 aliphatic rings. The van der Waals surface area contributed by atoms with E-state index in [4.69, 9.17) is 0 Å². The Bertz CT molecular complexity index is 951. The summed E-state index contributed by atoms with van der Waals surface area (Å²) in [6.45, 7) is 0.470. The van der Waals surface area contributed by atoms with Crippen molar-refractivity contribution in [2.45, 2.75) is 12.7 Å². The Morgan fingerprint density at radius 3 is 2.81 bits per heavy atom. The Kier molecular flexibility index (Phi) is 3.83. The van der Waals surface area contributed by atoms with Crippen molar-refractivity contribution < 1.29 is 13.2 Å². The molecule has 0 atom stereocenters. The van der Waals surface area contributed by atoms with Crippen molar-refractivity contribution in [3.63, 3.8) is 0 Å². The number of aromatic nitrogens is 3. The number of aliphatic imine (C=N–C) groups is 1. The van der Waals surface area contributed by atoms with Gasteiger partial charge in [0.1, 0.15) is 5.84 Å². The molecular formula is C17H13F3N6. The Labute approximate surface area is 146 Å². The van der Waals surface area contributed by atoms with Crippen LogP contribution in [0.15, 0.2) is 71.9 Å². The molecular weight excluding hydrogens is 345 g/mol. The summed E-state index contributed by atoms with van der Waals surface area (Å²) in [6.07, 6.45) is 6.73. The molecule has 0 radical (unpaired) electrons. The average molecular weight is 358 g/mol. The maximum Gasteiger partial charge on any atom is 0.418 e. The van der Waals surface area contributed by atoms with E-state index in [1.807, 2.05) is 4.57 Å². The SMILES string of the molecule is FC(F)(F)c1cccnc1C1=CNC2=CN=C(Cn3ccnc3)NC2=C1. The van der Waals surface area contributed by atoms with Crippen LogP contribution < -0.4 is 10.6 Å². The molecule has 0 amide bonds. The van der Waals surface area contributed by atoms with Crippen molar-refractivity contribution in [2.75, 3.05) is 0 Å². The number of dihydropyridines is 1. The van der Waals surface area contributed by atoms with Gasteiger partial charge in [-0.15, -0.1) is 0 Å². The fourth-order valence-electron chi connectivity index (χ4n) is 2.68. The van der Waals surface area contributed by atoms with Gasteiger partial charge in [-0.25, -0.2) is 9.98 Å². The standard InChI is InChI=1S/C17H13F3N6/c18-17(19,20)12-2-1-3-22-16(12)11-6-13-14(23-7-11)8-24-15(25-13)9-26-5-4-21-10-26/h1-8,10,23H,9H2,(H,24,25). The molecule has 9 heteroatoms. The molecule has 0 spiro atoms. The third kappa shape index (κ3) is 3.10. The molecule has 2 aliphatic heterocycles. The summed E-state index contributed by atoms with van der Waals surface area (Å²) in [5.74, 6) is 0.651. The number of imidazole rings is 1. The van der Waals surface area contributed by atoms with Gasteiger partial charge < -0.3 is 15.2 Å². The maximum atomic E-state index is 13.2. The lowest BCUT2D eigenvalue weighted by atomic mass is 10.0. The summed E-state index contributed by atoms with van der Waals surface area (Å²) in [7, 11) is 0. The molecule has 0 fully saturated rings. The molecule has 26 heavy (non-hydrogen) atoms. The van der Waals surface area contributed by atoms with Crippen LogP contribution in [0, 0.1) is 0 Å². The number of hydrogen-bond acceptors (Lipinski definition) is 5. The minimum atomic E-state index is -4.48. The largest absolute Gasteiger partial charge is 0.418 e. The second-order valence-corrected chi connectivity index (χ2v) is 5.68. The Hall–Kier alpha value is -3.36. The number of allylic oxidation sites excluding steroid dienone is 2. The normalized spacial score (nSPS) is 16.4. The van der Waals surface area contributed by atoms with Crippen molar-refractivity contribution >= 4 is 11.4 Å². The van der Waals surface area contributed by atoms with Crippen LogP contribution in [-0.4, -0.2) is 20.4 Å². The highest BCUT2D eigenvalue weighted by Gasteiger charge is 2.35. The van der Waals surface area contributed by atoms with Gasteiger partial charge in [-0.3, -0.25) is 4.98 Å². The van der Waals surface area contributed by atoms with E-state index in [-0.39, 0.29) is 5.69 Å². The quantitative estimate of drug-likeness (QED) is 0.885. The number of halogens is 3. The topological polar surface area (TPSA) is 67.1 Å². The van der Waals surface area contributed by atoms with E-state index >= 15 is 0 Å². The molecule has 6 nitrogen and oxygen atoms in total. The van der Waals surface area contributed by atoms with Gasteiger partial charge in [0.25, 0.3) is 0 Å². The summed E-state index contributed by atoms with van der Waals surface area (Å²) in [5.41, 5.74) is 0.737. The third-order valence-electron chi connectivity index (χ3n) is 3.88. The number of hydrogen-bond donors (Lipinski definition) is 2. The zero-order valence-corrected chi connectivity index (χ0v) is 13.3. The minimum absolute atomic E-state index is 0.125. The number of alkyl halides is 3. The van der Waals surface area contributed by atoms with Gasteiger partial charge in [0.2, 0.25) is 0 Å². The van der Waals surface area contributed by atoms with Gasteiger partial charge in [-0.05, 0) is 18.2 Å². The van der Waals surface area contributed by atoms with E-state index in [9.17, 15) is 13.2 Å². The van der Waals surface area contributed by atoms with Gasteiger partial charge in [0.05, 0.1) is 41.7 Å². The van der Waals surface area contributed by atoms with Crippen LogP contribution in [0.5, 0.6) is 0 Å². The van der Waals surface area contributed by atoms with E-state index < -0.39 is 11.7 Å². The predicted molar refractivity (Wildman–Crippen MR) is 89.3 cm³/mol. The first kappa shape index (κ1) is 16.1. The first-order chi connectivity index (χ1) is 12.5. The van der Waals surface area contributed by atoms with E-state index in [1.165, 1.54) is 18.5 Å². The monoisotopic (exact) mass is 358 g/mol. The zero-order valence-electron chi connectivity index (χ0n) is 13.3. The fraction of sp³-hybridized carbons (Fsp3) is 0.118. The van der Waals surface area contributed by atoms with Gasteiger partial charge in [0, 0.05) is 30.4 Å². The molecule has 0 saturated heterocycles. The van der Waals surface area contributed by atoms with Crippen molar-refractivity contribution in [1.29, 1.82) is 0 Å². The number of amidine groups is 1. The summed E-state index contributed by atoms with van der Waals surface area (Å²) >= 11 is 0. The van der Waals surface area contributed by atoms with Crippen LogP contribution in [0.1, 0.15) is 11.3 Å². The van der Waals surface area contributed by atoms with Crippen LogP contribution in [-0.2, 0) is 12.7 Å². The first-order valence-electron chi connectivity index (χ1n) is 7.72. The molecule has 132 valence electrons. The summed E-state index contributed by atoms with van der Waals surface area (Å²) in [6, 6.07) is 2.30. The van der Waals surface area contributed by atoms with E-state index in [2.05, 4.69) is 25.6 Å². The molecule has 2 aromatic heterocycles. The van der Waals surface area contributed by atoms with Crippen LogP contribution in [0.4, 0.5) is 13.2 Å². The summed E-state index contributed by atoms with van der Waals surface area (Å²) < 4.78 is 41.6. The van der Waals surface area contributed by atoms with Gasteiger partial charge >= 0.3 is 6.18 Å². The maximum absolute atomic E-state index is 13.2. The molecule has 0 aromatic carbocycles. The predicted octanol–water partition coefficient (Wildman–Crippen LogP) is 2.67. The molecule has 2 aromatic rings.